The van der Waals surface area contributed by atoms with Crippen LogP contribution in [0.1, 0.15) is 12.6 Å². The van der Waals surface area contributed by atoms with Gasteiger partial charge in [0, 0.05) is 17.5 Å². The molecular formula is C14H15ClN2O2S. The predicted octanol–water partition coefficient (Wildman–Crippen LogP) is 3.34. The maximum Gasteiger partial charge on any atom is 0.179 e. The second-order valence-electron chi connectivity index (χ2n) is 4.41. The van der Waals surface area contributed by atoms with Gasteiger partial charge >= 0.3 is 0 Å². The van der Waals surface area contributed by atoms with Crippen molar-refractivity contribution in [3.8, 4) is 22.1 Å². The number of benzene rings is 1. The Balaban J connectivity index is 1.90. The Morgan fingerprint density at radius 3 is 3.05 bits per heavy atom. The molecule has 0 saturated heterocycles. The van der Waals surface area contributed by atoms with Gasteiger partial charge in [0.1, 0.15) is 18.2 Å². The molecular weight excluding hydrogens is 296 g/mol. The van der Waals surface area contributed by atoms with E-state index in [1.165, 1.54) is 0 Å². The van der Waals surface area contributed by atoms with Crippen LogP contribution >= 0.6 is 22.9 Å². The van der Waals surface area contributed by atoms with E-state index >= 15 is 0 Å². The molecule has 2 heterocycles. The number of hydrogen-bond donors (Lipinski definition) is 1. The van der Waals surface area contributed by atoms with E-state index < -0.39 is 0 Å². The van der Waals surface area contributed by atoms with Crippen LogP contribution in [0.2, 0.25) is 5.02 Å². The van der Waals surface area contributed by atoms with Gasteiger partial charge in [0.05, 0.1) is 10.7 Å². The highest BCUT2D eigenvalue weighted by molar-refractivity contribution is 7.13. The number of hydrogen-bond acceptors (Lipinski definition) is 5. The van der Waals surface area contributed by atoms with Gasteiger partial charge in [0.15, 0.2) is 11.5 Å². The maximum absolute atomic E-state index is 6.25. The van der Waals surface area contributed by atoms with Crippen molar-refractivity contribution in [2.45, 2.75) is 13.5 Å². The highest BCUT2D eigenvalue weighted by Crippen LogP contribution is 2.41. The van der Waals surface area contributed by atoms with E-state index in [-0.39, 0.29) is 0 Å². The van der Waals surface area contributed by atoms with Crippen LogP contribution in [0.25, 0.3) is 10.6 Å². The lowest BCUT2D eigenvalue weighted by atomic mass is 10.2. The molecule has 2 aromatic rings. The molecule has 0 atom stereocenters. The Bertz CT molecular complexity index is 615. The largest absolute Gasteiger partial charge is 0.486 e. The van der Waals surface area contributed by atoms with Crippen molar-refractivity contribution < 1.29 is 9.47 Å². The topological polar surface area (TPSA) is 43.4 Å². The van der Waals surface area contributed by atoms with Gasteiger partial charge in [-0.25, -0.2) is 4.98 Å². The van der Waals surface area contributed by atoms with Gasteiger partial charge in [0.2, 0.25) is 0 Å². The summed E-state index contributed by atoms with van der Waals surface area (Å²) in [5.74, 6) is 1.33. The summed E-state index contributed by atoms with van der Waals surface area (Å²) in [6.07, 6.45) is 0. The van der Waals surface area contributed by atoms with Gasteiger partial charge in [-0.3, -0.25) is 0 Å². The quantitative estimate of drug-likeness (QED) is 0.940. The fourth-order valence-electron chi connectivity index (χ4n) is 2.01. The molecule has 1 aliphatic rings. The van der Waals surface area contributed by atoms with Gasteiger partial charge in [-0.15, -0.1) is 11.3 Å². The molecule has 3 rings (SSSR count). The molecule has 0 fully saturated rings. The van der Waals surface area contributed by atoms with Crippen molar-refractivity contribution in [2.24, 2.45) is 0 Å². The molecule has 1 aromatic carbocycles. The van der Waals surface area contributed by atoms with Crippen molar-refractivity contribution in [3.63, 3.8) is 0 Å². The van der Waals surface area contributed by atoms with E-state index in [4.69, 9.17) is 21.1 Å². The van der Waals surface area contributed by atoms with E-state index in [0.717, 1.165) is 29.4 Å². The second-order valence-corrected chi connectivity index (χ2v) is 5.67. The van der Waals surface area contributed by atoms with Crippen LogP contribution in [0.5, 0.6) is 11.5 Å². The summed E-state index contributed by atoms with van der Waals surface area (Å²) in [5.41, 5.74) is 2.00. The molecule has 0 radical (unpaired) electrons. The highest BCUT2D eigenvalue weighted by atomic mass is 35.5. The molecule has 0 saturated carbocycles. The molecule has 0 bridgehead atoms. The van der Waals surface area contributed by atoms with Gasteiger partial charge in [-0.2, -0.15) is 0 Å². The third kappa shape index (κ3) is 2.75. The first kappa shape index (κ1) is 13.7. The Hall–Kier alpha value is -1.30. The minimum atomic E-state index is 0.538. The molecule has 4 nitrogen and oxygen atoms in total. The number of rotatable bonds is 4. The summed E-state index contributed by atoms with van der Waals surface area (Å²) in [7, 11) is 0. The van der Waals surface area contributed by atoms with Crippen molar-refractivity contribution in [2.75, 3.05) is 19.8 Å². The lowest BCUT2D eigenvalue weighted by molar-refractivity contribution is 0.172. The Morgan fingerprint density at radius 1 is 1.35 bits per heavy atom. The second kappa shape index (κ2) is 5.99. The van der Waals surface area contributed by atoms with Crippen molar-refractivity contribution in [1.29, 1.82) is 0 Å². The van der Waals surface area contributed by atoms with Gasteiger partial charge in [-0.1, -0.05) is 18.5 Å². The smallest absolute Gasteiger partial charge is 0.179 e. The highest BCUT2D eigenvalue weighted by Gasteiger charge is 2.18. The van der Waals surface area contributed by atoms with Crippen LogP contribution in [0.3, 0.4) is 0 Å². The number of aromatic nitrogens is 1. The number of fused-ring (bicyclic) bond motifs is 1. The molecule has 106 valence electrons. The van der Waals surface area contributed by atoms with Crippen molar-refractivity contribution >= 4 is 22.9 Å². The van der Waals surface area contributed by atoms with Crippen LogP contribution in [-0.2, 0) is 6.54 Å². The first-order valence-electron chi connectivity index (χ1n) is 6.52. The minimum absolute atomic E-state index is 0.538. The van der Waals surface area contributed by atoms with Crippen LogP contribution in [0.15, 0.2) is 17.5 Å². The van der Waals surface area contributed by atoms with Crippen LogP contribution in [-0.4, -0.2) is 24.7 Å². The molecule has 0 spiro atoms. The number of nitrogens with one attached hydrogen (secondary N) is 1. The third-order valence-electron chi connectivity index (χ3n) is 2.95. The molecule has 1 aliphatic heterocycles. The summed E-state index contributed by atoms with van der Waals surface area (Å²) in [5, 5.41) is 6.83. The van der Waals surface area contributed by atoms with Crippen LogP contribution in [0.4, 0.5) is 0 Å². The summed E-state index contributed by atoms with van der Waals surface area (Å²) < 4.78 is 11.1. The lowest BCUT2D eigenvalue weighted by Crippen LogP contribution is -2.15. The van der Waals surface area contributed by atoms with E-state index in [9.17, 15) is 0 Å². The monoisotopic (exact) mass is 310 g/mol. The summed E-state index contributed by atoms with van der Waals surface area (Å²) in [6, 6.07) is 3.82. The Kier molecular flexibility index (Phi) is 4.10. The predicted molar refractivity (Wildman–Crippen MR) is 80.9 cm³/mol. The number of ether oxygens (including phenoxy) is 2. The molecule has 0 unspecified atom stereocenters. The SMILES string of the molecule is CCNCc1csc(-c2cc(Cl)c3c(c2)OCCO3)n1. The average molecular weight is 311 g/mol. The lowest BCUT2D eigenvalue weighted by Gasteiger charge is -2.19. The van der Waals surface area contributed by atoms with E-state index in [1.807, 2.05) is 12.1 Å². The Morgan fingerprint density at radius 2 is 2.20 bits per heavy atom. The minimum Gasteiger partial charge on any atom is -0.486 e. The normalized spacial score (nSPS) is 13.5. The fraction of sp³-hybridized carbons (Fsp3) is 0.357. The zero-order valence-electron chi connectivity index (χ0n) is 11.1. The third-order valence-corrected chi connectivity index (χ3v) is 4.17. The van der Waals surface area contributed by atoms with Crippen LogP contribution < -0.4 is 14.8 Å². The van der Waals surface area contributed by atoms with Gasteiger partial charge in [-0.05, 0) is 18.7 Å². The molecule has 1 N–H and O–H groups in total. The zero-order valence-corrected chi connectivity index (χ0v) is 12.7. The number of thiazole rings is 1. The standard InChI is InChI=1S/C14H15ClN2O2S/c1-2-16-7-10-8-20-14(17-10)9-5-11(15)13-12(6-9)18-3-4-19-13/h5-6,8,16H,2-4,7H2,1H3. The van der Waals surface area contributed by atoms with Gasteiger partial charge < -0.3 is 14.8 Å². The van der Waals surface area contributed by atoms with E-state index in [1.54, 1.807) is 11.3 Å². The summed E-state index contributed by atoms with van der Waals surface area (Å²) >= 11 is 7.85. The molecule has 20 heavy (non-hydrogen) atoms. The number of nitrogens with zero attached hydrogens (tertiary/aromatic N) is 1. The Labute approximate surface area is 126 Å². The molecule has 1 aromatic heterocycles. The van der Waals surface area contributed by atoms with E-state index in [0.29, 0.717) is 29.7 Å². The fourth-order valence-corrected chi connectivity index (χ4v) is 3.08. The maximum atomic E-state index is 6.25. The zero-order chi connectivity index (χ0) is 13.9. The first-order valence-corrected chi connectivity index (χ1v) is 7.78. The van der Waals surface area contributed by atoms with E-state index in [2.05, 4.69) is 22.6 Å². The van der Waals surface area contributed by atoms with Gasteiger partial charge in [0.25, 0.3) is 0 Å². The molecule has 0 aliphatic carbocycles. The van der Waals surface area contributed by atoms with Crippen molar-refractivity contribution in [1.82, 2.24) is 10.3 Å². The van der Waals surface area contributed by atoms with Crippen LogP contribution in [0, 0.1) is 0 Å². The number of halogens is 1. The summed E-state index contributed by atoms with van der Waals surface area (Å²) in [4.78, 5) is 4.61. The summed E-state index contributed by atoms with van der Waals surface area (Å²) in [6.45, 7) is 4.88. The average Bonchev–Trinajstić information content (AvgIpc) is 2.94. The molecule has 0 amide bonds. The van der Waals surface area contributed by atoms with Crippen molar-refractivity contribution in [3.05, 3.63) is 28.2 Å². The molecule has 6 heteroatoms. The first-order chi connectivity index (χ1) is 9.78.